The van der Waals surface area contributed by atoms with Crippen LogP contribution in [0.15, 0.2) is 17.0 Å². The second-order valence-electron chi connectivity index (χ2n) is 9.94. The van der Waals surface area contributed by atoms with Crippen LogP contribution >= 0.6 is 0 Å². The molecule has 0 aromatic rings. The first kappa shape index (κ1) is 21.1. The summed E-state index contributed by atoms with van der Waals surface area (Å²) in [4.78, 5) is 23.9. The van der Waals surface area contributed by atoms with Gasteiger partial charge in [-0.3, -0.25) is 10.2 Å². The van der Waals surface area contributed by atoms with Crippen molar-refractivity contribution in [1.29, 1.82) is 0 Å². The molecule has 2 unspecified atom stereocenters. The van der Waals surface area contributed by atoms with E-state index in [-0.39, 0.29) is 24.8 Å². The van der Waals surface area contributed by atoms with Gasteiger partial charge >= 0.3 is 6.03 Å². The molecule has 0 bridgehead atoms. The molecule has 0 spiro atoms. The van der Waals surface area contributed by atoms with Gasteiger partial charge in [0.2, 0.25) is 5.92 Å². The minimum atomic E-state index is -2.47. The van der Waals surface area contributed by atoms with Crippen LogP contribution in [0.4, 0.5) is 13.6 Å². The highest BCUT2D eigenvalue weighted by Gasteiger charge is 2.41. The summed E-state index contributed by atoms with van der Waals surface area (Å²) in [7, 11) is 0. The van der Waals surface area contributed by atoms with Crippen LogP contribution in [0.3, 0.4) is 0 Å². The molecule has 5 aliphatic rings. The molecule has 31 heavy (non-hydrogen) atoms. The average Bonchev–Trinajstić information content (AvgIpc) is 3.34. The molecule has 2 amide bonds. The Balaban J connectivity index is 1.23. The van der Waals surface area contributed by atoms with Crippen LogP contribution in [0.1, 0.15) is 45.4 Å². The van der Waals surface area contributed by atoms with E-state index in [1.165, 1.54) is 0 Å². The predicted octanol–water partition coefficient (Wildman–Crippen LogP) is 3.05. The lowest BCUT2D eigenvalue weighted by molar-refractivity contribution is -0.0483. The van der Waals surface area contributed by atoms with Gasteiger partial charge in [-0.25, -0.2) is 18.6 Å². The fourth-order valence-electron chi connectivity index (χ4n) is 5.71. The van der Waals surface area contributed by atoms with Crippen LogP contribution in [0, 0.1) is 17.8 Å². The van der Waals surface area contributed by atoms with Crippen LogP contribution in [0.2, 0.25) is 0 Å². The zero-order chi connectivity index (χ0) is 21.6. The molecule has 172 valence electrons. The van der Waals surface area contributed by atoms with Crippen LogP contribution in [0.5, 0.6) is 0 Å². The van der Waals surface area contributed by atoms with Crippen LogP contribution in [-0.4, -0.2) is 78.0 Å². The van der Waals surface area contributed by atoms with Gasteiger partial charge in [0.15, 0.2) is 5.82 Å². The highest BCUT2D eigenvalue weighted by atomic mass is 19.3. The Bertz CT molecular complexity index is 757. The minimum Gasteiger partial charge on any atom is -0.381 e. The van der Waals surface area contributed by atoms with Gasteiger partial charge in [0.1, 0.15) is 12.5 Å². The summed E-state index contributed by atoms with van der Waals surface area (Å²) in [6.07, 6.45) is 5.19. The van der Waals surface area contributed by atoms with Gasteiger partial charge in [-0.1, -0.05) is 6.92 Å². The lowest BCUT2D eigenvalue weighted by Gasteiger charge is -2.32. The topological polar surface area (TPSA) is 60.4 Å². The maximum atomic E-state index is 13.5. The number of alkyl halides is 2. The number of hydrogen-bond donors (Lipinski definition) is 1. The summed E-state index contributed by atoms with van der Waals surface area (Å²) in [5, 5.41) is 3.04. The Hall–Kier alpha value is -1.74. The lowest BCUT2D eigenvalue weighted by atomic mass is 9.86. The number of amides is 2. The Labute approximate surface area is 182 Å². The number of aliphatic imine (C=N–C) groups is 1. The van der Waals surface area contributed by atoms with Crippen LogP contribution in [-0.2, 0) is 4.74 Å². The largest absolute Gasteiger partial charge is 0.381 e. The minimum absolute atomic E-state index is 0.0147. The quantitative estimate of drug-likeness (QED) is 0.735. The van der Waals surface area contributed by atoms with E-state index >= 15 is 0 Å². The van der Waals surface area contributed by atoms with Gasteiger partial charge in [0.25, 0.3) is 0 Å². The zero-order valence-electron chi connectivity index (χ0n) is 18.2. The molecule has 1 aliphatic carbocycles. The first-order chi connectivity index (χ1) is 14.9. The van der Waals surface area contributed by atoms with E-state index in [1.54, 1.807) is 4.90 Å². The molecule has 7 nitrogen and oxygen atoms in total. The van der Waals surface area contributed by atoms with Gasteiger partial charge < -0.3 is 14.5 Å². The van der Waals surface area contributed by atoms with Crippen molar-refractivity contribution >= 4 is 11.9 Å². The van der Waals surface area contributed by atoms with Gasteiger partial charge in [0, 0.05) is 63.8 Å². The van der Waals surface area contributed by atoms with Gasteiger partial charge in [-0.05, 0) is 37.5 Å². The number of halogens is 2. The number of fused-ring (bicyclic) bond motifs is 1. The normalized spacial score (nSPS) is 32.7. The second-order valence-corrected chi connectivity index (χ2v) is 9.94. The molecule has 5 rings (SSSR count). The Morgan fingerprint density at radius 3 is 2.68 bits per heavy atom. The van der Waals surface area contributed by atoms with Crippen molar-refractivity contribution in [1.82, 2.24) is 20.0 Å². The summed E-state index contributed by atoms with van der Waals surface area (Å²) in [6, 6.07) is 0.285. The summed E-state index contributed by atoms with van der Waals surface area (Å²) < 4.78 is 32.4. The predicted molar refractivity (Wildman–Crippen MR) is 112 cm³/mol. The van der Waals surface area contributed by atoms with E-state index in [0.29, 0.717) is 37.4 Å². The summed E-state index contributed by atoms with van der Waals surface area (Å²) in [5.74, 6) is -0.123. The van der Waals surface area contributed by atoms with Gasteiger partial charge in [-0.2, -0.15) is 0 Å². The summed E-state index contributed by atoms with van der Waals surface area (Å²) in [6.45, 7) is 6.87. The highest BCUT2D eigenvalue weighted by molar-refractivity contribution is 6.02. The number of likely N-dealkylation sites (tertiary alicyclic amines) is 1. The molecule has 2 saturated heterocycles. The first-order valence-corrected chi connectivity index (χ1v) is 11.7. The molecule has 0 radical (unpaired) electrons. The molecular formula is C22H33F2N5O2. The van der Waals surface area contributed by atoms with Gasteiger partial charge in [0.05, 0.1) is 0 Å². The lowest BCUT2D eigenvalue weighted by Crippen LogP contribution is -2.50. The molecule has 1 N–H and O–H groups in total. The van der Waals surface area contributed by atoms with Crippen molar-refractivity contribution in [2.75, 3.05) is 39.5 Å². The molecule has 0 aromatic heterocycles. The summed E-state index contributed by atoms with van der Waals surface area (Å²) >= 11 is 0. The molecule has 9 heteroatoms. The maximum absolute atomic E-state index is 13.5. The third-order valence-electron chi connectivity index (χ3n) is 7.63. The summed E-state index contributed by atoms with van der Waals surface area (Å²) in [5.41, 5.74) is 0. The second kappa shape index (κ2) is 8.31. The number of ether oxygens (including phenoxy) is 1. The van der Waals surface area contributed by atoms with Crippen molar-refractivity contribution in [2.24, 2.45) is 22.7 Å². The van der Waals surface area contributed by atoms with E-state index in [4.69, 9.17) is 9.73 Å². The number of carbonyl (C=O) groups is 1. The number of carbonyl (C=O) groups excluding carboxylic acids is 1. The monoisotopic (exact) mass is 437 g/mol. The maximum Gasteiger partial charge on any atom is 0.329 e. The van der Waals surface area contributed by atoms with E-state index in [2.05, 4.69) is 22.0 Å². The molecule has 4 aliphatic heterocycles. The van der Waals surface area contributed by atoms with Crippen molar-refractivity contribution in [3.05, 3.63) is 12.0 Å². The molecule has 1 saturated carbocycles. The number of hydrogen-bond acceptors (Lipinski definition) is 5. The van der Waals surface area contributed by atoms with Crippen LogP contribution < -0.4 is 5.32 Å². The highest BCUT2D eigenvalue weighted by Crippen LogP contribution is 2.37. The SMILES string of the molecule is CC1CN(CC2CCC(F)(F)CC2)CC1C1=NC2=CN(C3CCOCC3)CN2C(=O)N1. The molecular weight excluding hydrogens is 404 g/mol. The third kappa shape index (κ3) is 4.44. The standard InChI is InChI=1S/C22H33F2N5O2/c1-15-10-27(11-16-2-6-22(23,24)7-3-16)12-18(15)20-25-19-13-28(14-29(19)21(30)26-20)17-4-8-31-9-5-17/h13,15-18H,2-12,14H2,1H3,(H,25,26,30). The zero-order valence-corrected chi connectivity index (χ0v) is 18.2. The number of nitrogens with one attached hydrogen (secondary N) is 1. The number of urea groups is 1. The average molecular weight is 438 g/mol. The third-order valence-corrected chi connectivity index (χ3v) is 7.63. The van der Waals surface area contributed by atoms with Crippen molar-refractivity contribution < 1.29 is 18.3 Å². The molecule has 4 heterocycles. The smallest absolute Gasteiger partial charge is 0.329 e. The van der Waals surface area contributed by atoms with E-state index in [1.807, 2.05) is 6.20 Å². The van der Waals surface area contributed by atoms with E-state index in [0.717, 1.165) is 57.3 Å². The van der Waals surface area contributed by atoms with E-state index < -0.39 is 5.92 Å². The Kier molecular flexibility index (Phi) is 5.66. The van der Waals surface area contributed by atoms with Crippen molar-refractivity contribution in [3.63, 3.8) is 0 Å². The number of amidine groups is 1. The fraction of sp³-hybridized carbons (Fsp3) is 0.818. The van der Waals surface area contributed by atoms with Crippen molar-refractivity contribution in [2.45, 2.75) is 57.4 Å². The number of nitrogens with zero attached hydrogens (tertiary/aromatic N) is 4. The molecule has 0 aromatic carbocycles. The Morgan fingerprint density at radius 2 is 1.94 bits per heavy atom. The molecule has 3 fully saturated rings. The number of rotatable bonds is 4. The Morgan fingerprint density at radius 1 is 1.19 bits per heavy atom. The van der Waals surface area contributed by atoms with Gasteiger partial charge in [-0.15, -0.1) is 0 Å². The van der Waals surface area contributed by atoms with Crippen molar-refractivity contribution in [3.8, 4) is 0 Å². The fourth-order valence-corrected chi connectivity index (χ4v) is 5.71. The first-order valence-electron chi connectivity index (χ1n) is 11.7. The molecule has 2 atom stereocenters. The van der Waals surface area contributed by atoms with E-state index in [9.17, 15) is 13.6 Å². The van der Waals surface area contributed by atoms with Crippen LogP contribution in [0.25, 0.3) is 0 Å².